The number of nitrogens with zero attached hydrogens (tertiary/aromatic N) is 5. The van der Waals surface area contributed by atoms with Crippen molar-refractivity contribution in [2.75, 3.05) is 57.7 Å². The summed E-state index contributed by atoms with van der Waals surface area (Å²) in [5.41, 5.74) is 4.66. The molecule has 1 atom stereocenters. The minimum Gasteiger partial charge on any atom is -0.436 e. The number of para-hydroxylation sites is 1. The van der Waals surface area contributed by atoms with E-state index in [9.17, 15) is 24.3 Å². The lowest BCUT2D eigenvalue weighted by molar-refractivity contribution is -0.142. The molecule has 2 aromatic carbocycles. The second-order valence-corrected chi connectivity index (χ2v) is 14.7. The maximum absolute atomic E-state index is 14.2. The van der Waals surface area contributed by atoms with E-state index in [2.05, 4.69) is 10.2 Å². The number of carbonyl (C=O) groups is 3. The number of benzene rings is 2. The largest absolute Gasteiger partial charge is 0.436 e. The second kappa shape index (κ2) is 15.1. The monoisotopic (exact) mass is 702 g/mol. The molecule has 4 aliphatic rings. The molecular weight excluding hydrogens is 652 g/mol. The molecule has 4 aliphatic heterocycles. The van der Waals surface area contributed by atoms with Gasteiger partial charge in [-0.15, -0.1) is 0 Å². The third-order valence-electron chi connectivity index (χ3n) is 11.6. The molecule has 0 radical (unpaired) electrons. The zero-order chi connectivity index (χ0) is 35.6. The van der Waals surface area contributed by atoms with E-state index in [4.69, 9.17) is 9.15 Å². The van der Waals surface area contributed by atoms with Gasteiger partial charge < -0.3 is 39.2 Å². The number of oxazole rings is 1. The summed E-state index contributed by atoms with van der Waals surface area (Å²) in [7, 11) is 1.66. The lowest BCUT2D eigenvalue weighted by atomic mass is 9.94. The number of aromatic nitrogens is 1. The second-order valence-electron chi connectivity index (χ2n) is 14.7. The van der Waals surface area contributed by atoms with Crippen LogP contribution in [-0.4, -0.2) is 118 Å². The van der Waals surface area contributed by atoms with Crippen molar-refractivity contribution in [1.29, 1.82) is 0 Å². The lowest BCUT2D eigenvalue weighted by Gasteiger charge is -2.42. The molecule has 4 amide bonds. The van der Waals surface area contributed by atoms with Crippen LogP contribution in [0, 0.1) is 12.8 Å². The Morgan fingerprint density at radius 1 is 0.922 bits per heavy atom. The molecule has 0 aliphatic carbocycles. The highest BCUT2D eigenvalue weighted by Crippen LogP contribution is 2.28. The Morgan fingerprint density at radius 2 is 1.61 bits per heavy atom. The van der Waals surface area contributed by atoms with E-state index in [0.717, 1.165) is 67.6 Å². The van der Waals surface area contributed by atoms with Gasteiger partial charge in [-0.25, -0.2) is 14.4 Å². The van der Waals surface area contributed by atoms with E-state index < -0.39 is 18.0 Å². The first-order valence-corrected chi connectivity index (χ1v) is 18.5. The topological polar surface area (TPSA) is 141 Å². The Kier molecular flexibility index (Phi) is 10.4. The molecule has 0 saturated carbocycles. The number of fused-ring (bicyclic) bond motifs is 2. The molecule has 2 N–H and O–H groups in total. The maximum atomic E-state index is 14.2. The number of piperidine rings is 3. The Morgan fingerprint density at radius 3 is 2.33 bits per heavy atom. The minimum atomic E-state index is -1.05. The molecular formula is C38H50N6O7. The Bertz CT molecular complexity index is 1800. The number of hydrogen-bond donors (Lipinski definition) is 2. The van der Waals surface area contributed by atoms with Crippen LogP contribution < -0.4 is 11.1 Å². The number of nitrogens with one attached hydrogen (secondary N) is 1. The number of anilines is 1. The van der Waals surface area contributed by atoms with Crippen molar-refractivity contribution < 1.29 is 28.6 Å². The van der Waals surface area contributed by atoms with Gasteiger partial charge in [-0.05, 0) is 99.7 Å². The maximum Gasteiger partial charge on any atom is 0.419 e. The molecule has 274 valence electrons. The van der Waals surface area contributed by atoms with Crippen LogP contribution in [0.5, 0.6) is 0 Å². The average Bonchev–Trinajstić information content (AvgIpc) is 3.33. The normalized spacial score (nSPS) is 20.6. The summed E-state index contributed by atoms with van der Waals surface area (Å²) in [4.78, 5) is 61.1. The van der Waals surface area contributed by atoms with Gasteiger partial charge in [0.25, 0.3) is 5.91 Å². The number of aliphatic hydroxyl groups is 1. The molecule has 5 heterocycles. The number of hydrogen-bond acceptors (Lipinski definition) is 8. The van der Waals surface area contributed by atoms with Crippen LogP contribution in [0.3, 0.4) is 0 Å². The average molecular weight is 703 g/mol. The number of amides is 4. The minimum absolute atomic E-state index is 0.00764. The molecule has 51 heavy (non-hydrogen) atoms. The molecule has 0 unspecified atom stereocenters. The SMILES string of the molecule is Cc1cc(C[C@@H](OC(=O)N2CCC(N3CCc4ccccc4NC3=O)CC2)C(=O)N2CCC(N3CCC(CO)CC3)CC2)cc2oc(=O)n(C)c12. The van der Waals surface area contributed by atoms with E-state index in [0.29, 0.717) is 68.6 Å². The molecule has 0 spiro atoms. The molecule has 3 aromatic rings. The van der Waals surface area contributed by atoms with Gasteiger partial charge in [0, 0.05) is 70.6 Å². The van der Waals surface area contributed by atoms with Crippen molar-refractivity contribution >= 4 is 34.8 Å². The van der Waals surface area contributed by atoms with Crippen molar-refractivity contribution in [1.82, 2.24) is 24.2 Å². The summed E-state index contributed by atoms with van der Waals surface area (Å²) in [6.07, 6.45) is 4.24. The highest BCUT2D eigenvalue weighted by Gasteiger charge is 2.37. The van der Waals surface area contributed by atoms with E-state index in [-0.39, 0.29) is 31.0 Å². The van der Waals surface area contributed by atoms with E-state index in [1.54, 1.807) is 18.0 Å². The molecule has 0 bridgehead atoms. The van der Waals surface area contributed by atoms with E-state index >= 15 is 0 Å². The van der Waals surface area contributed by atoms with Crippen LogP contribution in [0.2, 0.25) is 0 Å². The number of urea groups is 1. The quantitative estimate of drug-likeness (QED) is 0.380. The first kappa shape index (κ1) is 35.1. The fourth-order valence-corrected chi connectivity index (χ4v) is 8.54. The van der Waals surface area contributed by atoms with Gasteiger partial charge in [-0.3, -0.25) is 9.36 Å². The van der Waals surface area contributed by atoms with Crippen molar-refractivity contribution in [2.24, 2.45) is 13.0 Å². The van der Waals surface area contributed by atoms with Crippen molar-refractivity contribution in [3.8, 4) is 0 Å². The number of aryl methyl sites for hydroxylation is 2. The van der Waals surface area contributed by atoms with Crippen LogP contribution in [0.1, 0.15) is 55.2 Å². The van der Waals surface area contributed by atoms with E-state index in [1.165, 1.54) is 4.57 Å². The molecule has 1 aromatic heterocycles. The van der Waals surface area contributed by atoms with Gasteiger partial charge in [-0.2, -0.15) is 0 Å². The van der Waals surface area contributed by atoms with Gasteiger partial charge in [0.05, 0.1) is 5.52 Å². The Balaban J connectivity index is 1.01. The predicted molar refractivity (Wildman–Crippen MR) is 192 cm³/mol. The van der Waals surface area contributed by atoms with Crippen LogP contribution in [0.15, 0.2) is 45.6 Å². The van der Waals surface area contributed by atoms with Crippen molar-refractivity contribution in [2.45, 2.75) is 76.5 Å². The zero-order valence-corrected chi connectivity index (χ0v) is 29.7. The lowest BCUT2D eigenvalue weighted by Crippen LogP contribution is -2.53. The Labute approximate surface area is 298 Å². The van der Waals surface area contributed by atoms with Crippen LogP contribution >= 0.6 is 0 Å². The van der Waals surface area contributed by atoms with Crippen molar-refractivity contribution in [3.63, 3.8) is 0 Å². The van der Waals surface area contributed by atoms with Crippen LogP contribution in [0.4, 0.5) is 15.3 Å². The number of carbonyl (C=O) groups excluding carboxylic acids is 3. The Hall–Kier alpha value is -4.36. The van der Waals surface area contributed by atoms with Crippen molar-refractivity contribution in [3.05, 3.63) is 63.6 Å². The van der Waals surface area contributed by atoms with Crippen LogP contribution in [-0.2, 0) is 29.4 Å². The first-order chi connectivity index (χ1) is 24.7. The summed E-state index contributed by atoms with van der Waals surface area (Å²) < 4.78 is 13.0. The fourth-order valence-electron chi connectivity index (χ4n) is 8.54. The van der Waals surface area contributed by atoms with Gasteiger partial charge in [-0.1, -0.05) is 24.3 Å². The molecule has 7 rings (SSSR count). The van der Waals surface area contributed by atoms with Gasteiger partial charge in [0.2, 0.25) is 0 Å². The molecule has 13 nitrogen and oxygen atoms in total. The van der Waals surface area contributed by atoms with Crippen LogP contribution in [0.25, 0.3) is 11.1 Å². The number of aliphatic hydroxyl groups excluding tert-OH is 1. The molecule has 3 saturated heterocycles. The summed E-state index contributed by atoms with van der Waals surface area (Å²) >= 11 is 0. The zero-order valence-electron chi connectivity index (χ0n) is 29.7. The fraction of sp³-hybridized carbons (Fsp3) is 0.579. The molecule has 3 fully saturated rings. The van der Waals surface area contributed by atoms with E-state index in [1.807, 2.05) is 47.1 Å². The predicted octanol–water partition coefficient (Wildman–Crippen LogP) is 3.74. The summed E-state index contributed by atoms with van der Waals surface area (Å²) in [5.74, 6) is -0.301. The number of likely N-dealkylation sites (tertiary alicyclic amines) is 3. The first-order valence-electron chi connectivity index (χ1n) is 18.5. The number of rotatable bonds is 7. The standard InChI is InChI=1S/C38H50N6O7/c1-25-21-27(22-32-34(25)40(2)37(48)50-32)23-33(35(46)42-16-10-29(11-17-42)41-14-7-26(24-45)8-15-41)51-38(49)43-18-12-30(13-19-43)44-20-9-28-5-3-4-6-31(28)39-36(44)47/h3-6,21-22,26,29-30,33,45H,7-20,23-24H2,1-2H3,(H,39,47)/t33-/m1/s1. The van der Waals surface area contributed by atoms with Gasteiger partial charge in [0.1, 0.15) is 0 Å². The summed E-state index contributed by atoms with van der Waals surface area (Å²) in [6.45, 7) is 6.67. The molecule has 13 heteroatoms. The highest BCUT2D eigenvalue weighted by molar-refractivity contribution is 5.91. The third kappa shape index (κ3) is 7.50. The summed E-state index contributed by atoms with van der Waals surface area (Å²) in [6, 6.07) is 11.8. The van der Waals surface area contributed by atoms with Gasteiger partial charge >= 0.3 is 17.9 Å². The smallest absolute Gasteiger partial charge is 0.419 e. The summed E-state index contributed by atoms with van der Waals surface area (Å²) in [5, 5.41) is 12.6. The number of ether oxygens (including phenoxy) is 1. The third-order valence-corrected chi connectivity index (χ3v) is 11.6. The highest BCUT2D eigenvalue weighted by atomic mass is 16.6. The van der Waals surface area contributed by atoms with Gasteiger partial charge in [0.15, 0.2) is 11.7 Å².